The van der Waals surface area contributed by atoms with Crippen LogP contribution in [0.25, 0.3) is 0 Å². The quantitative estimate of drug-likeness (QED) is 0.255. The fraction of sp³-hybridized carbons (Fsp3) is 0.207. The number of para-hydroxylation sites is 1. The van der Waals surface area contributed by atoms with Gasteiger partial charge in [-0.15, -0.1) is 0 Å². The molecule has 1 amide bonds. The van der Waals surface area contributed by atoms with Crippen LogP contribution in [-0.4, -0.2) is 27.4 Å². The molecule has 0 bridgehead atoms. The van der Waals surface area contributed by atoms with Gasteiger partial charge in [0.2, 0.25) is 5.91 Å². The van der Waals surface area contributed by atoms with Crippen LogP contribution in [0.15, 0.2) is 99.5 Å². The van der Waals surface area contributed by atoms with Gasteiger partial charge in [-0.1, -0.05) is 53.7 Å². The molecule has 2 atom stereocenters. The minimum atomic E-state index is -0.235. The monoisotopic (exact) mass is 528 g/mol. The second-order valence-corrected chi connectivity index (χ2v) is 10.5. The van der Waals surface area contributed by atoms with Crippen LogP contribution >= 0.6 is 24.0 Å². The summed E-state index contributed by atoms with van der Waals surface area (Å²) >= 11 is 7.31. The molecule has 2 N–H and O–H groups in total. The average Bonchev–Trinajstić information content (AvgIpc) is 3.49. The average molecular weight is 529 g/mol. The lowest BCUT2D eigenvalue weighted by atomic mass is 10.0. The van der Waals surface area contributed by atoms with Gasteiger partial charge >= 0.3 is 0 Å². The molecule has 8 heteroatoms. The van der Waals surface area contributed by atoms with E-state index in [2.05, 4.69) is 46.8 Å². The molecule has 0 unspecified atom stereocenters. The number of thiocarbonyl (C=S) groups is 1. The van der Waals surface area contributed by atoms with Gasteiger partial charge in [0.05, 0.1) is 11.7 Å². The predicted octanol–water partition coefficient (Wildman–Crippen LogP) is 6.44. The molecule has 3 heterocycles. The Labute approximate surface area is 226 Å². The number of aromatic nitrogens is 1. The maximum Gasteiger partial charge on any atom is 0.226 e. The molecule has 1 saturated heterocycles. The van der Waals surface area contributed by atoms with Crippen molar-refractivity contribution in [3.05, 3.63) is 108 Å². The fourth-order valence-corrected chi connectivity index (χ4v) is 5.48. The minimum absolute atomic E-state index is 0.0628. The highest BCUT2D eigenvalue weighted by atomic mass is 32.2. The number of furan rings is 1. The molecule has 6 nitrogen and oxygen atoms in total. The number of rotatable bonds is 8. The van der Waals surface area contributed by atoms with Gasteiger partial charge in [0.1, 0.15) is 11.8 Å². The zero-order valence-electron chi connectivity index (χ0n) is 20.7. The van der Waals surface area contributed by atoms with E-state index in [1.165, 1.54) is 5.56 Å². The Kier molecular flexibility index (Phi) is 7.58. The van der Waals surface area contributed by atoms with Crippen LogP contribution in [0, 0.1) is 13.8 Å². The van der Waals surface area contributed by atoms with Crippen molar-refractivity contribution in [3.63, 3.8) is 0 Å². The first kappa shape index (κ1) is 25.0. The van der Waals surface area contributed by atoms with Crippen LogP contribution in [0.1, 0.15) is 41.1 Å². The van der Waals surface area contributed by atoms with E-state index in [1.807, 2.05) is 66.4 Å². The van der Waals surface area contributed by atoms with Crippen LogP contribution in [0.5, 0.6) is 0 Å². The second kappa shape index (κ2) is 11.2. The summed E-state index contributed by atoms with van der Waals surface area (Å²) in [5, 5.41) is 7.80. The van der Waals surface area contributed by atoms with Crippen molar-refractivity contribution in [2.45, 2.75) is 42.3 Å². The van der Waals surface area contributed by atoms with Gasteiger partial charge in [0, 0.05) is 29.7 Å². The van der Waals surface area contributed by atoms with E-state index in [0.29, 0.717) is 11.7 Å². The molecule has 5 rings (SSSR count). The maximum atomic E-state index is 12.8. The van der Waals surface area contributed by atoms with E-state index in [1.54, 1.807) is 18.0 Å². The van der Waals surface area contributed by atoms with E-state index in [9.17, 15) is 4.79 Å². The Bertz CT molecular complexity index is 1390. The molecule has 0 radical (unpaired) electrons. The zero-order chi connectivity index (χ0) is 25.8. The molecule has 1 aliphatic heterocycles. The number of amides is 1. The summed E-state index contributed by atoms with van der Waals surface area (Å²) in [6.07, 6.45) is 2.06. The molecular weight excluding hydrogens is 500 g/mol. The Morgan fingerprint density at radius 2 is 1.84 bits per heavy atom. The summed E-state index contributed by atoms with van der Waals surface area (Å²) in [7, 11) is 0. The third-order valence-electron chi connectivity index (χ3n) is 6.33. The van der Waals surface area contributed by atoms with Crippen LogP contribution in [-0.2, 0) is 4.79 Å². The van der Waals surface area contributed by atoms with Crippen LogP contribution in [0.3, 0.4) is 0 Å². The van der Waals surface area contributed by atoms with Crippen molar-refractivity contribution in [1.82, 2.24) is 15.2 Å². The van der Waals surface area contributed by atoms with Gasteiger partial charge in [-0.25, -0.2) is 0 Å². The number of anilines is 1. The van der Waals surface area contributed by atoms with E-state index in [-0.39, 0.29) is 24.4 Å². The smallest absolute Gasteiger partial charge is 0.226 e. The SMILES string of the molecule is Cc1ccc(Sc2ccc([C@H]3[C@@H](c4ccccn4)NC(=S)N3CCC(=O)Nc3ccccc3C)o2)cc1. The van der Waals surface area contributed by atoms with E-state index in [0.717, 1.165) is 32.7 Å². The first-order valence-electron chi connectivity index (χ1n) is 12.2. The third kappa shape index (κ3) is 5.87. The van der Waals surface area contributed by atoms with Crippen molar-refractivity contribution in [1.29, 1.82) is 0 Å². The highest BCUT2D eigenvalue weighted by Gasteiger charge is 2.41. The fourth-order valence-electron chi connectivity index (χ4n) is 4.37. The van der Waals surface area contributed by atoms with Gasteiger partial charge in [0.25, 0.3) is 0 Å². The number of benzene rings is 2. The highest BCUT2D eigenvalue weighted by Crippen LogP contribution is 2.41. The first-order valence-corrected chi connectivity index (χ1v) is 13.4. The molecule has 0 aliphatic carbocycles. The lowest BCUT2D eigenvalue weighted by Gasteiger charge is -2.25. The summed E-state index contributed by atoms with van der Waals surface area (Å²) in [6.45, 7) is 4.49. The van der Waals surface area contributed by atoms with Crippen LogP contribution in [0.2, 0.25) is 0 Å². The molecule has 0 saturated carbocycles. The van der Waals surface area contributed by atoms with Gasteiger partial charge in [-0.3, -0.25) is 9.78 Å². The summed E-state index contributed by atoms with van der Waals surface area (Å²) in [4.78, 5) is 20.5. The Morgan fingerprint density at radius 3 is 2.59 bits per heavy atom. The number of hydrogen-bond acceptors (Lipinski definition) is 5. The number of aryl methyl sites for hydroxylation is 2. The maximum absolute atomic E-state index is 12.8. The molecule has 37 heavy (non-hydrogen) atoms. The van der Waals surface area contributed by atoms with Crippen LogP contribution in [0.4, 0.5) is 5.69 Å². The first-order chi connectivity index (χ1) is 18.0. The van der Waals surface area contributed by atoms with Crippen molar-refractivity contribution in [2.75, 3.05) is 11.9 Å². The lowest BCUT2D eigenvalue weighted by molar-refractivity contribution is -0.116. The van der Waals surface area contributed by atoms with Crippen molar-refractivity contribution in [3.8, 4) is 0 Å². The topological polar surface area (TPSA) is 70.4 Å². The Balaban J connectivity index is 1.36. The summed E-state index contributed by atoms with van der Waals surface area (Å²) in [5.41, 5.74) is 3.93. The van der Waals surface area contributed by atoms with E-state index < -0.39 is 0 Å². The van der Waals surface area contributed by atoms with E-state index >= 15 is 0 Å². The molecule has 4 aromatic rings. The Hall–Kier alpha value is -3.62. The van der Waals surface area contributed by atoms with Crippen LogP contribution < -0.4 is 10.6 Å². The lowest BCUT2D eigenvalue weighted by Crippen LogP contribution is -2.32. The number of carbonyl (C=O) groups is 1. The minimum Gasteiger partial charge on any atom is -0.452 e. The molecular formula is C29H28N4O2S2. The molecule has 2 aromatic heterocycles. The molecule has 0 spiro atoms. The number of carbonyl (C=O) groups excluding carboxylic acids is 1. The van der Waals surface area contributed by atoms with E-state index in [4.69, 9.17) is 16.6 Å². The standard InChI is InChI=1S/C29H28N4O2S2/c1-19-10-12-21(13-11-19)37-26-15-14-24(35-26)28-27(23-9-5-6-17-30-23)32-29(36)33(28)18-16-25(34)31-22-8-4-3-7-20(22)2/h3-15,17,27-28H,16,18H2,1-2H3,(H,31,34)(H,32,36)/t27-,28+/m1/s1. The normalized spacial score (nSPS) is 17.0. The van der Waals surface area contributed by atoms with Gasteiger partial charge in [0.15, 0.2) is 10.2 Å². The number of hydrogen-bond donors (Lipinski definition) is 2. The predicted molar refractivity (Wildman–Crippen MR) is 151 cm³/mol. The molecule has 1 fully saturated rings. The van der Waals surface area contributed by atoms with Gasteiger partial charge < -0.3 is 20.0 Å². The van der Waals surface area contributed by atoms with Crippen molar-refractivity contribution in [2.24, 2.45) is 0 Å². The summed E-state index contributed by atoms with van der Waals surface area (Å²) in [6, 6.07) is 25.5. The second-order valence-electron chi connectivity index (χ2n) is 9.01. The Morgan fingerprint density at radius 1 is 1.05 bits per heavy atom. The molecule has 2 aromatic carbocycles. The highest BCUT2D eigenvalue weighted by molar-refractivity contribution is 7.99. The number of pyridine rings is 1. The number of nitrogens with one attached hydrogen (secondary N) is 2. The van der Waals surface area contributed by atoms with Crippen molar-refractivity contribution >= 4 is 40.7 Å². The van der Waals surface area contributed by atoms with Gasteiger partial charge in [-0.2, -0.15) is 0 Å². The number of nitrogens with zero attached hydrogens (tertiary/aromatic N) is 2. The zero-order valence-corrected chi connectivity index (χ0v) is 22.3. The van der Waals surface area contributed by atoms with Crippen molar-refractivity contribution < 1.29 is 9.21 Å². The summed E-state index contributed by atoms with van der Waals surface area (Å²) < 4.78 is 6.34. The summed E-state index contributed by atoms with van der Waals surface area (Å²) in [5.74, 6) is 0.712. The third-order valence-corrected chi connectivity index (χ3v) is 7.61. The molecule has 188 valence electrons. The molecule has 1 aliphatic rings. The largest absolute Gasteiger partial charge is 0.452 e. The van der Waals surface area contributed by atoms with Gasteiger partial charge in [-0.05, 0) is 74.1 Å².